The minimum absolute atomic E-state index is 0.149. The van der Waals surface area contributed by atoms with Crippen molar-refractivity contribution < 1.29 is 14.3 Å². The summed E-state index contributed by atoms with van der Waals surface area (Å²) in [5.74, 6) is 0.497. The summed E-state index contributed by atoms with van der Waals surface area (Å²) in [5, 5.41) is 0. The lowest BCUT2D eigenvalue weighted by Crippen LogP contribution is -2.42. The summed E-state index contributed by atoms with van der Waals surface area (Å²) >= 11 is 0. The van der Waals surface area contributed by atoms with Crippen molar-refractivity contribution in [2.75, 3.05) is 19.8 Å². The van der Waals surface area contributed by atoms with E-state index in [4.69, 9.17) is 9.47 Å². The van der Waals surface area contributed by atoms with E-state index in [1.54, 1.807) is 0 Å². The molecule has 0 bridgehead atoms. The third-order valence-corrected chi connectivity index (χ3v) is 4.80. The minimum atomic E-state index is -0.149. The van der Waals surface area contributed by atoms with E-state index in [0.29, 0.717) is 19.0 Å². The molecule has 0 aromatic rings. The maximum atomic E-state index is 12.4. The molecule has 2 unspecified atom stereocenters. The Labute approximate surface area is 115 Å². The number of hydrogen-bond acceptors (Lipinski definition) is 3. The molecule has 2 atom stereocenters. The van der Waals surface area contributed by atoms with Crippen LogP contribution >= 0.6 is 0 Å². The average Bonchev–Trinajstić information content (AvgIpc) is 2.88. The van der Waals surface area contributed by atoms with E-state index < -0.39 is 0 Å². The summed E-state index contributed by atoms with van der Waals surface area (Å²) in [6, 6.07) is 0. The van der Waals surface area contributed by atoms with Crippen molar-refractivity contribution in [3.8, 4) is 0 Å². The van der Waals surface area contributed by atoms with Crippen LogP contribution in [-0.2, 0) is 14.3 Å². The van der Waals surface area contributed by atoms with Crippen LogP contribution in [0.15, 0.2) is 11.6 Å². The second-order valence-corrected chi connectivity index (χ2v) is 6.29. The fourth-order valence-corrected chi connectivity index (χ4v) is 3.60. The van der Waals surface area contributed by atoms with Gasteiger partial charge in [-0.15, -0.1) is 0 Å². The molecular weight excluding hydrogens is 240 g/mol. The van der Waals surface area contributed by atoms with Gasteiger partial charge in [-0.3, -0.25) is 4.79 Å². The maximum Gasteiger partial charge on any atom is 0.158 e. The Morgan fingerprint density at radius 3 is 2.79 bits per heavy atom. The van der Waals surface area contributed by atoms with Gasteiger partial charge in [0.15, 0.2) is 5.78 Å². The van der Waals surface area contributed by atoms with E-state index in [0.717, 1.165) is 38.7 Å². The van der Waals surface area contributed by atoms with Gasteiger partial charge in [-0.2, -0.15) is 0 Å². The van der Waals surface area contributed by atoms with Crippen LogP contribution in [0.4, 0.5) is 0 Å². The summed E-state index contributed by atoms with van der Waals surface area (Å²) in [6.45, 7) is 2.16. The fourth-order valence-electron chi connectivity index (χ4n) is 3.60. The predicted octanol–water partition coefficient (Wildman–Crippen LogP) is 3.03. The van der Waals surface area contributed by atoms with Crippen LogP contribution in [0.3, 0.4) is 0 Å². The molecule has 2 saturated heterocycles. The van der Waals surface area contributed by atoms with Crippen molar-refractivity contribution in [2.45, 2.75) is 57.0 Å². The monoisotopic (exact) mass is 264 g/mol. The van der Waals surface area contributed by atoms with Gasteiger partial charge in [-0.25, -0.2) is 0 Å². The summed E-state index contributed by atoms with van der Waals surface area (Å²) in [6.07, 6.45) is 10.7. The number of carbonyl (C=O) groups excluding carboxylic acids is 1. The van der Waals surface area contributed by atoms with E-state index in [-0.39, 0.29) is 11.5 Å². The lowest BCUT2D eigenvalue weighted by atomic mass is 9.82. The first-order valence-corrected chi connectivity index (χ1v) is 7.72. The molecule has 0 radical (unpaired) electrons. The Morgan fingerprint density at radius 1 is 1.21 bits per heavy atom. The van der Waals surface area contributed by atoms with Crippen LogP contribution in [0.25, 0.3) is 0 Å². The molecule has 2 heterocycles. The zero-order chi connectivity index (χ0) is 13.1. The Morgan fingerprint density at radius 2 is 2.05 bits per heavy atom. The maximum absolute atomic E-state index is 12.4. The van der Waals surface area contributed by atoms with Crippen molar-refractivity contribution in [2.24, 2.45) is 5.92 Å². The standard InChI is InChI=1S/C16H24O3/c17-15(10-13-4-2-1-3-5-13)14-6-8-19-16(11-14)7-9-18-12-16/h10,14H,1-9,11-12H2. The topological polar surface area (TPSA) is 35.5 Å². The van der Waals surface area contributed by atoms with E-state index in [2.05, 4.69) is 0 Å². The quantitative estimate of drug-likeness (QED) is 0.719. The van der Waals surface area contributed by atoms with Gasteiger partial charge in [-0.1, -0.05) is 12.0 Å². The van der Waals surface area contributed by atoms with E-state index in [1.165, 1.54) is 24.8 Å². The van der Waals surface area contributed by atoms with Gasteiger partial charge in [0, 0.05) is 25.6 Å². The van der Waals surface area contributed by atoms with Crippen LogP contribution in [0.5, 0.6) is 0 Å². The van der Waals surface area contributed by atoms with Crippen LogP contribution in [0.1, 0.15) is 51.4 Å². The molecule has 3 fully saturated rings. The second-order valence-electron chi connectivity index (χ2n) is 6.29. The number of rotatable bonds is 2. The first kappa shape index (κ1) is 13.3. The number of hydrogen-bond donors (Lipinski definition) is 0. The third kappa shape index (κ3) is 3.09. The van der Waals surface area contributed by atoms with Gasteiger partial charge in [-0.05, 0) is 44.6 Å². The third-order valence-electron chi connectivity index (χ3n) is 4.80. The molecule has 2 aliphatic heterocycles. The number of ketones is 1. The number of allylic oxidation sites excluding steroid dienone is 2. The highest BCUT2D eigenvalue weighted by Gasteiger charge is 2.42. The van der Waals surface area contributed by atoms with E-state index in [1.807, 2.05) is 6.08 Å². The Balaban J connectivity index is 1.62. The van der Waals surface area contributed by atoms with Crippen molar-refractivity contribution in [3.63, 3.8) is 0 Å². The molecule has 0 N–H and O–H groups in total. The Kier molecular flexibility index (Phi) is 4.04. The summed E-state index contributed by atoms with van der Waals surface area (Å²) in [5.41, 5.74) is 1.23. The molecule has 106 valence electrons. The van der Waals surface area contributed by atoms with Gasteiger partial charge in [0.25, 0.3) is 0 Å². The SMILES string of the molecule is O=C(C=C1CCCCC1)C1CCOC2(CCOC2)C1. The molecule has 3 nitrogen and oxygen atoms in total. The molecule has 3 aliphatic rings. The summed E-state index contributed by atoms with van der Waals surface area (Å²) < 4.78 is 11.4. The zero-order valence-electron chi connectivity index (χ0n) is 11.7. The summed E-state index contributed by atoms with van der Waals surface area (Å²) in [7, 11) is 0. The van der Waals surface area contributed by atoms with Crippen LogP contribution in [0.2, 0.25) is 0 Å². The molecular formula is C16H24O3. The lowest BCUT2D eigenvalue weighted by Gasteiger charge is -2.36. The molecule has 0 aromatic carbocycles. The van der Waals surface area contributed by atoms with Crippen LogP contribution in [-0.4, -0.2) is 31.2 Å². The van der Waals surface area contributed by atoms with Gasteiger partial charge in [0.05, 0.1) is 12.2 Å². The average molecular weight is 264 g/mol. The first-order valence-electron chi connectivity index (χ1n) is 7.72. The van der Waals surface area contributed by atoms with Crippen molar-refractivity contribution in [1.82, 2.24) is 0 Å². The molecule has 1 saturated carbocycles. The van der Waals surface area contributed by atoms with E-state index in [9.17, 15) is 4.79 Å². The smallest absolute Gasteiger partial charge is 0.158 e. The van der Waals surface area contributed by atoms with Crippen LogP contribution in [0, 0.1) is 5.92 Å². The fraction of sp³-hybridized carbons (Fsp3) is 0.812. The van der Waals surface area contributed by atoms with Crippen LogP contribution < -0.4 is 0 Å². The molecule has 1 aliphatic carbocycles. The van der Waals surface area contributed by atoms with Crippen molar-refractivity contribution in [1.29, 1.82) is 0 Å². The molecule has 1 spiro atoms. The Bertz CT molecular complexity index is 358. The van der Waals surface area contributed by atoms with Crippen molar-refractivity contribution in [3.05, 3.63) is 11.6 Å². The summed E-state index contributed by atoms with van der Waals surface area (Å²) in [4.78, 5) is 12.4. The molecule has 3 heteroatoms. The highest BCUT2D eigenvalue weighted by atomic mass is 16.6. The van der Waals surface area contributed by atoms with Crippen molar-refractivity contribution >= 4 is 5.78 Å². The number of carbonyl (C=O) groups is 1. The molecule has 3 rings (SSSR count). The highest BCUT2D eigenvalue weighted by molar-refractivity contribution is 5.92. The Hall–Kier alpha value is -0.670. The molecule has 19 heavy (non-hydrogen) atoms. The zero-order valence-corrected chi connectivity index (χ0v) is 11.7. The van der Waals surface area contributed by atoms with Gasteiger partial charge in [0.1, 0.15) is 0 Å². The highest BCUT2D eigenvalue weighted by Crippen LogP contribution is 2.36. The second kappa shape index (κ2) is 5.76. The number of ether oxygens (including phenoxy) is 2. The largest absolute Gasteiger partial charge is 0.378 e. The van der Waals surface area contributed by atoms with E-state index >= 15 is 0 Å². The minimum Gasteiger partial charge on any atom is -0.378 e. The normalized spacial score (nSPS) is 35.6. The predicted molar refractivity (Wildman–Crippen MR) is 73.0 cm³/mol. The van der Waals surface area contributed by atoms with Gasteiger partial charge < -0.3 is 9.47 Å². The lowest BCUT2D eigenvalue weighted by molar-refractivity contribution is -0.132. The molecule has 0 aromatic heterocycles. The van der Waals surface area contributed by atoms with Gasteiger partial charge >= 0.3 is 0 Å². The first-order chi connectivity index (χ1) is 9.27. The van der Waals surface area contributed by atoms with Gasteiger partial charge in [0.2, 0.25) is 0 Å². The molecule has 0 amide bonds.